The molecular weight excluding hydrogens is 360 g/mol. The van der Waals surface area contributed by atoms with E-state index in [4.69, 9.17) is 18.9 Å². The van der Waals surface area contributed by atoms with Crippen LogP contribution in [0.2, 0.25) is 0 Å². The van der Waals surface area contributed by atoms with Gasteiger partial charge in [0.25, 0.3) is 5.79 Å². The van der Waals surface area contributed by atoms with Gasteiger partial charge in [-0.25, -0.2) is 9.59 Å². The average Bonchev–Trinajstić information content (AvgIpc) is 2.62. The summed E-state index contributed by atoms with van der Waals surface area (Å²) >= 11 is 0. The van der Waals surface area contributed by atoms with Crippen LogP contribution in [0.1, 0.15) is 30.5 Å². The fourth-order valence-electron chi connectivity index (χ4n) is 2.80. The zero-order valence-corrected chi connectivity index (χ0v) is 16.3. The molecule has 0 aromatic heterocycles. The molecule has 1 heterocycles. The van der Waals surface area contributed by atoms with Crippen LogP contribution >= 0.6 is 0 Å². The number of carbonyl (C=O) groups excluding carboxylic acids is 2. The molecule has 3 rings (SSSR count). The summed E-state index contributed by atoms with van der Waals surface area (Å²) in [6.45, 7) is 5.38. The Morgan fingerprint density at radius 2 is 1.71 bits per heavy atom. The molecule has 0 N–H and O–H groups in total. The second-order valence-electron chi connectivity index (χ2n) is 6.92. The number of hydrogen-bond donors (Lipinski definition) is 0. The average molecular weight is 382 g/mol. The van der Waals surface area contributed by atoms with E-state index < -0.39 is 17.7 Å². The first-order valence-corrected chi connectivity index (χ1v) is 8.82. The number of benzene rings is 2. The van der Waals surface area contributed by atoms with Crippen molar-refractivity contribution in [2.75, 3.05) is 7.11 Å². The number of aryl methyl sites for hydroxylation is 1. The van der Waals surface area contributed by atoms with Crippen molar-refractivity contribution in [1.82, 2.24) is 0 Å². The first-order chi connectivity index (χ1) is 13.3. The van der Waals surface area contributed by atoms with E-state index in [1.165, 1.54) is 19.9 Å². The van der Waals surface area contributed by atoms with Gasteiger partial charge in [-0.15, -0.1) is 0 Å². The van der Waals surface area contributed by atoms with Crippen molar-refractivity contribution in [2.45, 2.75) is 33.2 Å². The normalized spacial score (nSPS) is 15.5. The number of esters is 2. The predicted molar refractivity (Wildman–Crippen MR) is 103 cm³/mol. The topological polar surface area (TPSA) is 71.1 Å². The highest BCUT2D eigenvalue weighted by molar-refractivity contribution is 6.18. The molecule has 28 heavy (non-hydrogen) atoms. The molecule has 2 aromatic carbocycles. The predicted octanol–water partition coefficient (Wildman–Crippen LogP) is 3.80. The van der Waals surface area contributed by atoms with E-state index in [1.54, 1.807) is 25.3 Å². The van der Waals surface area contributed by atoms with Gasteiger partial charge in [-0.3, -0.25) is 0 Å². The van der Waals surface area contributed by atoms with Gasteiger partial charge in [0.2, 0.25) is 0 Å². The van der Waals surface area contributed by atoms with Crippen molar-refractivity contribution in [3.63, 3.8) is 0 Å². The fourth-order valence-corrected chi connectivity index (χ4v) is 2.80. The standard InChI is InChI=1S/C22H22O6/c1-14-6-5-7-16(10-14)13-26-19-12-15(8-9-18(19)25-4)11-17-20(23)27-22(2,3)28-21(17)24/h5-12H,13H2,1-4H3. The molecule has 0 unspecified atom stereocenters. The summed E-state index contributed by atoms with van der Waals surface area (Å²) in [7, 11) is 1.55. The highest BCUT2D eigenvalue weighted by Gasteiger charge is 2.38. The van der Waals surface area contributed by atoms with Crippen LogP contribution in [0.5, 0.6) is 11.5 Å². The third kappa shape index (κ3) is 4.52. The molecule has 0 aliphatic carbocycles. The van der Waals surface area contributed by atoms with E-state index in [1.807, 2.05) is 31.2 Å². The number of carbonyl (C=O) groups is 2. The molecule has 6 heteroatoms. The first kappa shape index (κ1) is 19.5. The van der Waals surface area contributed by atoms with Gasteiger partial charge in [0, 0.05) is 13.8 Å². The van der Waals surface area contributed by atoms with Crippen LogP contribution in [0.15, 0.2) is 48.0 Å². The lowest BCUT2D eigenvalue weighted by atomic mass is 10.1. The minimum atomic E-state index is -1.27. The first-order valence-electron chi connectivity index (χ1n) is 8.82. The van der Waals surface area contributed by atoms with E-state index >= 15 is 0 Å². The van der Waals surface area contributed by atoms with E-state index in [0.29, 0.717) is 23.7 Å². The molecule has 0 radical (unpaired) electrons. The van der Waals surface area contributed by atoms with Gasteiger partial charge in [0.1, 0.15) is 12.2 Å². The van der Waals surface area contributed by atoms with E-state index in [0.717, 1.165) is 11.1 Å². The van der Waals surface area contributed by atoms with Crippen molar-refractivity contribution >= 4 is 18.0 Å². The van der Waals surface area contributed by atoms with Gasteiger partial charge in [0.05, 0.1) is 7.11 Å². The Hall–Kier alpha value is -3.28. The summed E-state index contributed by atoms with van der Waals surface area (Å²) in [6.07, 6.45) is 1.42. The second kappa shape index (κ2) is 7.76. The molecule has 6 nitrogen and oxygen atoms in total. The summed E-state index contributed by atoms with van der Waals surface area (Å²) < 4.78 is 21.5. The van der Waals surface area contributed by atoms with Crippen molar-refractivity contribution < 1.29 is 28.5 Å². The molecule has 1 aliphatic heterocycles. The Labute approximate surface area is 163 Å². The van der Waals surface area contributed by atoms with Gasteiger partial charge < -0.3 is 18.9 Å². The molecule has 1 saturated heterocycles. The minimum Gasteiger partial charge on any atom is -0.493 e. The molecule has 2 aromatic rings. The third-order valence-electron chi connectivity index (χ3n) is 4.09. The summed E-state index contributed by atoms with van der Waals surface area (Å²) in [5.41, 5.74) is 2.58. The second-order valence-corrected chi connectivity index (χ2v) is 6.92. The zero-order valence-electron chi connectivity index (χ0n) is 16.3. The molecular formula is C22H22O6. The molecule has 0 atom stereocenters. The van der Waals surface area contributed by atoms with Crippen LogP contribution in [-0.4, -0.2) is 24.8 Å². The molecule has 0 saturated carbocycles. The molecule has 0 bridgehead atoms. The molecule has 146 valence electrons. The van der Waals surface area contributed by atoms with Gasteiger partial charge in [0.15, 0.2) is 11.5 Å². The Morgan fingerprint density at radius 3 is 2.36 bits per heavy atom. The highest BCUT2D eigenvalue weighted by atomic mass is 16.7. The van der Waals surface area contributed by atoms with E-state index in [2.05, 4.69) is 0 Å². The lowest BCUT2D eigenvalue weighted by Gasteiger charge is -2.29. The largest absolute Gasteiger partial charge is 0.493 e. The number of cyclic esters (lactones) is 2. The fraction of sp³-hybridized carbons (Fsp3) is 0.273. The summed E-state index contributed by atoms with van der Waals surface area (Å²) in [4.78, 5) is 24.3. The Balaban J connectivity index is 1.84. The maximum atomic E-state index is 12.1. The number of methoxy groups -OCH3 is 1. The monoisotopic (exact) mass is 382 g/mol. The maximum Gasteiger partial charge on any atom is 0.348 e. The van der Waals surface area contributed by atoms with Crippen LogP contribution < -0.4 is 9.47 Å². The summed E-state index contributed by atoms with van der Waals surface area (Å²) in [6, 6.07) is 13.1. The van der Waals surface area contributed by atoms with Crippen molar-refractivity contribution in [1.29, 1.82) is 0 Å². The van der Waals surface area contributed by atoms with Crippen LogP contribution in [0.3, 0.4) is 0 Å². The third-order valence-corrected chi connectivity index (χ3v) is 4.09. The maximum absolute atomic E-state index is 12.1. The number of hydrogen-bond acceptors (Lipinski definition) is 6. The van der Waals surface area contributed by atoms with Crippen LogP contribution in [0, 0.1) is 6.92 Å². The Morgan fingerprint density at radius 1 is 1.00 bits per heavy atom. The van der Waals surface area contributed by atoms with Crippen molar-refractivity contribution in [2.24, 2.45) is 0 Å². The van der Waals surface area contributed by atoms with Crippen LogP contribution in [0.25, 0.3) is 6.08 Å². The lowest BCUT2D eigenvalue weighted by molar-refractivity contribution is -0.222. The van der Waals surface area contributed by atoms with Crippen molar-refractivity contribution in [3.05, 3.63) is 64.7 Å². The summed E-state index contributed by atoms with van der Waals surface area (Å²) in [5, 5.41) is 0. The number of rotatable bonds is 5. The SMILES string of the molecule is COc1ccc(C=C2C(=O)OC(C)(C)OC2=O)cc1OCc1cccc(C)c1. The van der Waals surface area contributed by atoms with Crippen molar-refractivity contribution in [3.8, 4) is 11.5 Å². The van der Waals surface area contributed by atoms with Crippen LogP contribution in [-0.2, 0) is 25.7 Å². The van der Waals surface area contributed by atoms with Gasteiger partial charge in [-0.2, -0.15) is 0 Å². The van der Waals surface area contributed by atoms with Gasteiger partial charge in [-0.1, -0.05) is 35.9 Å². The Bertz CT molecular complexity index is 920. The van der Waals surface area contributed by atoms with E-state index in [-0.39, 0.29) is 5.57 Å². The summed E-state index contributed by atoms with van der Waals surface area (Å²) in [5.74, 6) is -1.67. The van der Waals surface area contributed by atoms with Crippen LogP contribution in [0.4, 0.5) is 0 Å². The zero-order chi connectivity index (χ0) is 20.3. The van der Waals surface area contributed by atoms with Gasteiger partial charge in [-0.05, 0) is 36.3 Å². The highest BCUT2D eigenvalue weighted by Crippen LogP contribution is 2.31. The molecule has 0 amide bonds. The van der Waals surface area contributed by atoms with Gasteiger partial charge >= 0.3 is 11.9 Å². The molecule has 1 aliphatic rings. The number of ether oxygens (including phenoxy) is 4. The Kier molecular flexibility index (Phi) is 5.40. The quantitative estimate of drug-likeness (QED) is 0.445. The minimum absolute atomic E-state index is 0.172. The molecule has 0 spiro atoms. The lowest BCUT2D eigenvalue weighted by Crippen LogP contribution is -2.41. The van der Waals surface area contributed by atoms with E-state index in [9.17, 15) is 9.59 Å². The molecule has 1 fully saturated rings. The smallest absolute Gasteiger partial charge is 0.348 e.